The van der Waals surface area contributed by atoms with E-state index >= 15 is 0 Å². The van der Waals surface area contributed by atoms with Gasteiger partial charge in [0, 0.05) is 4.90 Å². The third-order valence-corrected chi connectivity index (χ3v) is 4.15. The van der Waals surface area contributed by atoms with Crippen molar-refractivity contribution in [3.63, 3.8) is 0 Å². The van der Waals surface area contributed by atoms with Crippen LogP contribution in [0.25, 0.3) is 0 Å². The lowest BCUT2D eigenvalue weighted by Crippen LogP contribution is -2.13. The maximum atomic E-state index is 12.6. The minimum Gasteiger partial charge on any atom is -0.309 e. The van der Waals surface area contributed by atoms with Crippen LogP contribution >= 0.6 is 11.8 Å². The molecule has 3 heteroatoms. The fourth-order valence-corrected chi connectivity index (χ4v) is 2.60. The van der Waals surface area contributed by atoms with Crippen LogP contribution in [-0.2, 0) is 0 Å². The monoisotopic (exact) mass is 289 g/mol. The van der Waals surface area contributed by atoms with Gasteiger partial charge in [-0.1, -0.05) is 24.3 Å². The molecule has 106 valence electrons. The van der Waals surface area contributed by atoms with E-state index in [1.165, 1.54) is 22.6 Å². The molecule has 0 bridgehead atoms. The highest BCUT2D eigenvalue weighted by atomic mass is 32.2. The summed E-state index contributed by atoms with van der Waals surface area (Å²) in [4.78, 5) is 3.32. The third-order valence-electron chi connectivity index (χ3n) is 3.05. The molecular weight excluding hydrogens is 269 g/mol. The molecule has 1 nitrogen and oxygen atoms in total. The summed E-state index contributed by atoms with van der Waals surface area (Å²) in [5.41, 5.74) is 0. The quantitative estimate of drug-likeness (QED) is 0.512. The van der Waals surface area contributed by atoms with E-state index in [2.05, 4.69) is 43.3 Å². The van der Waals surface area contributed by atoms with Gasteiger partial charge in [-0.05, 0) is 67.5 Å². The predicted molar refractivity (Wildman–Crippen MR) is 84.4 cm³/mol. The van der Waals surface area contributed by atoms with Gasteiger partial charge < -0.3 is 4.90 Å². The van der Waals surface area contributed by atoms with Crippen molar-refractivity contribution in [3.8, 4) is 0 Å². The normalized spacial score (nSPS) is 11.0. The van der Waals surface area contributed by atoms with Crippen LogP contribution in [0, 0.1) is 16.3 Å². The van der Waals surface area contributed by atoms with E-state index in [1.807, 2.05) is 12.1 Å². The van der Waals surface area contributed by atoms with Gasteiger partial charge in [-0.25, -0.2) is 4.39 Å². The molecule has 0 aromatic heterocycles. The van der Waals surface area contributed by atoms with Gasteiger partial charge in [-0.2, -0.15) is 0 Å². The smallest absolute Gasteiger partial charge is 0.123 e. The Labute approximate surface area is 124 Å². The topological polar surface area (TPSA) is 3.24 Å². The lowest BCUT2D eigenvalue weighted by Gasteiger charge is -2.08. The van der Waals surface area contributed by atoms with Gasteiger partial charge in [0.15, 0.2) is 0 Å². The highest BCUT2D eigenvalue weighted by Crippen LogP contribution is 2.18. The average molecular weight is 289 g/mol. The first-order valence-electron chi connectivity index (χ1n) is 6.79. The number of hydrogen-bond acceptors (Lipinski definition) is 2. The second-order valence-corrected chi connectivity index (χ2v) is 6.20. The van der Waals surface area contributed by atoms with Crippen LogP contribution in [0.1, 0.15) is 6.42 Å². The summed E-state index contributed by atoms with van der Waals surface area (Å²) in [5, 5.41) is 2.85. The number of benzene rings is 2. The molecule has 0 spiro atoms. The maximum absolute atomic E-state index is 12.6. The number of nitrogens with zero attached hydrogens (tertiary/aromatic N) is 1. The molecule has 0 amide bonds. The molecule has 0 atom stereocenters. The van der Waals surface area contributed by atoms with E-state index in [9.17, 15) is 4.39 Å². The Morgan fingerprint density at radius 2 is 1.45 bits per heavy atom. The first kappa shape index (κ1) is 15.1. The summed E-state index contributed by atoms with van der Waals surface area (Å²) in [5.74, 6) is 0.923. The average Bonchev–Trinajstić information content (AvgIpc) is 2.41. The lowest BCUT2D eigenvalue weighted by atomic mass is 10.1. The Balaban J connectivity index is 0.000000198. The maximum Gasteiger partial charge on any atom is 0.123 e. The van der Waals surface area contributed by atoms with Crippen LogP contribution in [-0.4, -0.2) is 31.3 Å². The molecule has 0 saturated carbocycles. The summed E-state index contributed by atoms with van der Waals surface area (Å²) in [7, 11) is 4.14. The van der Waals surface area contributed by atoms with Gasteiger partial charge in [0.2, 0.25) is 0 Å². The summed E-state index contributed by atoms with van der Waals surface area (Å²) in [6.45, 7) is 1.11. The zero-order chi connectivity index (χ0) is 14.4. The van der Waals surface area contributed by atoms with Crippen molar-refractivity contribution >= 4 is 11.8 Å². The number of halogens is 1. The summed E-state index contributed by atoms with van der Waals surface area (Å²) in [6, 6.07) is 15.2. The molecule has 0 heterocycles. The molecule has 1 aromatic rings. The van der Waals surface area contributed by atoms with Crippen LogP contribution in [0.15, 0.2) is 53.4 Å². The van der Waals surface area contributed by atoms with Gasteiger partial charge in [0.25, 0.3) is 0 Å². The molecule has 0 N–H and O–H groups in total. The second kappa shape index (κ2) is 7.46. The lowest BCUT2D eigenvalue weighted by molar-refractivity contribution is 0.410. The van der Waals surface area contributed by atoms with Crippen molar-refractivity contribution in [3.05, 3.63) is 64.8 Å². The third kappa shape index (κ3) is 4.66. The first-order valence-corrected chi connectivity index (χ1v) is 7.77. The molecule has 3 rings (SSSR count). The Morgan fingerprint density at radius 3 is 1.85 bits per heavy atom. The van der Waals surface area contributed by atoms with Crippen LogP contribution in [0.2, 0.25) is 0 Å². The standard InChI is InChI=1S/C11H16FNS.C6H4/c1-13(2)8-3-9-14-11-6-4-10(12)5-7-11;1-2-6-4-3-5(1)6/h4-7H,3,8-9H2,1-2H3;1-4H. The molecule has 0 radical (unpaired) electrons. The minimum atomic E-state index is -0.164. The van der Waals surface area contributed by atoms with Crippen LogP contribution in [0.4, 0.5) is 4.39 Å². The largest absolute Gasteiger partial charge is 0.309 e. The molecule has 0 aliphatic heterocycles. The molecular formula is C17H20FNS. The zero-order valence-electron chi connectivity index (χ0n) is 12.0. The van der Waals surface area contributed by atoms with E-state index < -0.39 is 0 Å². The van der Waals surface area contributed by atoms with Crippen molar-refractivity contribution in [2.75, 3.05) is 26.4 Å². The first-order chi connectivity index (χ1) is 9.65. The fraction of sp³-hybridized carbons (Fsp3) is 0.294. The van der Waals surface area contributed by atoms with E-state index in [-0.39, 0.29) is 5.82 Å². The predicted octanol–water partition coefficient (Wildman–Crippen LogP) is 4.16. The van der Waals surface area contributed by atoms with E-state index in [4.69, 9.17) is 0 Å². The molecule has 2 aliphatic carbocycles. The summed E-state index contributed by atoms with van der Waals surface area (Å²) in [6.07, 6.45) is 1.16. The van der Waals surface area contributed by atoms with Gasteiger partial charge in [0.1, 0.15) is 5.82 Å². The van der Waals surface area contributed by atoms with Crippen molar-refractivity contribution < 1.29 is 4.39 Å². The van der Waals surface area contributed by atoms with Crippen molar-refractivity contribution in [1.82, 2.24) is 4.90 Å². The van der Waals surface area contributed by atoms with Gasteiger partial charge >= 0.3 is 0 Å². The van der Waals surface area contributed by atoms with E-state index in [0.29, 0.717) is 0 Å². The molecule has 20 heavy (non-hydrogen) atoms. The molecule has 1 aromatic carbocycles. The molecule has 0 fully saturated rings. The highest BCUT2D eigenvalue weighted by molar-refractivity contribution is 7.99. The van der Waals surface area contributed by atoms with Crippen LogP contribution in [0.5, 0.6) is 0 Å². The summed E-state index contributed by atoms with van der Waals surface area (Å²) < 4.78 is 12.6. The van der Waals surface area contributed by atoms with Crippen molar-refractivity contribution in [1.29, 1.82) is 0 Å². The van der Waals surface area contributed by atoms with Gasteiger partial charge in [-0.3, -0.25) is 0 Å². The van der Waals surface area contributed by atoms with Gasteiger partial charge in [0.05, 0.1) is 0 Å². The fourth-order valence-electron chi connectivity index (χ4n) is 1.76. The molecule has 2 aliphatic rings. The highest BCUT2D eigenvalue weighted by Gasteiger charge is 1.95. The Kier molecular flexibility index (Phi) is 5.62. The van der Waals surface area contributed by atoms with Crippen molar-refractivity contribution in [2.45, 2.75) is 11.3 Å². The number of rotatable bonds is 5. The number of thioether (sulfide) groups is 1. The van der Waals surface area contributed by atoms with E-state index in [1.54, 1.807) is 11.8 Å². The number of hydrogen-bond donors (Lipinski definition) is 0. The Bertz CT molecular complexity index is 572. The second-order valence-electron chi connectivity index (χ2n) is 5.04. The molecule has 0 unspecified atom stereocenters. The zero-order valence-corrected chi connectivity index (χ0v) is 12.8. The van der Waals surface area contributed by atoms with Crippen molar-refractivity contribution in [2.24, 2.45) is 0 Å². The van der Waals surface area contributed by atoms with Crippen LogP contribution < -0.4 is 0 Å². The van der Waals surface area contributed by atoms with E-state index in [0.717, 1.165) is 23.6 Å². The Morgan fingerprint density at radius 1 is 0.900 bits per heavy atom. The SMILES string of the molecule is CN(C)CCCSc1ccc(F)cc1.c1cc2ccc1=2. The molecule has 0 saturated heterocycles. The summed E-state index contributed by atoms with van der Waals surface area (Å²) >= 11 is 1.78. The van der Waals surface area contributed by atoms with Gasteiger partial charge in [-0.15, -0.1) is 11.8 Å². The Hall–Kier alpha value is -1.32. The van der Waals surface area contributed by atoms with Crippen LogP contribution in [0.3, 0.4) is 0 Å². The minimum absolute atomic E-state index is 0.164.